The van der Waals surface area contributed by atoms with E-state index in [-0.39, 0.29) is 5.92 Å². The smallest absolute Gasteiger partial charge is 0.226 e. The van der Waals surface area contributed by atoms with Crippen molar-refractivity contribution in [2.45, 2.75) is 25.2 Å². The number of piperidine rings is 1. The predicted octanol–water partition coefficient (Wildman–Crippen LogP) is 3.27. The third kappa shape index (κ3) is 2.79. The molecule has 2 atom stereocenters. The highest BCUT2D eigenvalue weighted by Gasteiger charge is 2.45. The molecule has 19 heavy (non-hydrogen) atoms. The molecule has 1 aromatic rings. The number of benzene rings is 1. The second kappa shape index (κ2) is 5.54. The van der Waals surface area contributed by atoms with Crippen LogP contribution in [-0.4, -0.2) is 29.8 Å². The summed E-state index contributed by atoms with van der Waals surface area (Å²) < 4.78 is 0. The molecule has 3 heteroatoms. The van der Waals surface area contributed by atoms with E-state index in [0.717, 1.165) is 38.2 Å². The van der Waals surface area contributed by atoms with E-state index in [4.69, 9.17) is 11.6 Å². The minimum Gasteiger partial charge on any atom is -0.342 e. The monoisotopic (exact) mass is 277 g/mol. The lowest BCUT2D eigenvalue weighted by Gasteiger charge is -2.31. The van der Waals surface area contributed by atoms with Crippen LogP contribution >= 0.6 is 11.6 Å². The third-order valence-electron chi connectivity index (χ3n) is 4.48. The van der Waals surface area contributed by atoms with Crippen molar-refractivity contribution >= 4 is 17.5 Å². The standard InChI is InChI=1S/C16H20ClNO/c17-11-12-6-8-18(9-7-12)16(19)15-10-14(15)13-4-2-1-3-5-13/h1-5,12,14-15H,6-11H2. The van der Waals surface area contributed by atoms with E-state index in [0.29, 0.717) is 17.7 Å². The Hall–Kier alpha value is -1.02. The predicted molar refractivity (Wildman–Crippen MR) is 77.3 cm³/mol. The average Bonchev–Trinajstić information content (AvgIpc) is 3.28. The van der Waals surface area contributed by atoms with Crippen molar-refractivity contribution in [3.8, 4) is 0 Å². The van der Waals surface area contributed by atoms with Crippen molar-refractivity contribution in [3.63, 3.8) is 0 Å². The molecule has 0 N–H and O–H groups in total. The van der Waals surface area contributed by atoms with Gasteiger partial charge in [-0.3, -0.25) is 4.79 Å². The number of carbonyl (C=O) groups is 1. The first-order valence-electron chi connectivity index (χ1n) is 7.19. The molecule has 0 bridgehead atoms. The first-order chi connectivity index (χ1) is 9.29. The van der Waals surface area contributed by atoms with Gasteiger partial charge in [-0.2, -0.15) is 0 Å². The van der Waals surface area contributed by atoms with Gasteiger partial charge < -0.3 is 4.90 Å². The Morgan fingerprint density at radius 2 is 1.89 bits per heavy atom. The highest BCUT2D eigenvalue weighted by atomic mass is 35.5. The average molecular weight is 278 g/mol. The molecular formula is C16H20ClNO. The van der Waals surface area contributed by atoms with Gasteiger partial charge in [0.25, 0.3) is 0 Å². The molecule has 0 spiro atoms. The highest BCUT2D eigenvalue weighted by molar-refractivity contribution is 6.18. The van der Waals surface area contributed by atoms with Gasteiger partial charge in [0.15, 0.2) is 0 Å². The summed E-state index contributed by atoms with van der Waals surface area (Å²) >= 11 is 5.88. The lowest BCUT2D eigenvalue weighted by molar-refractivity contribution is -0.134. The van der Waals surface area contributed by atoms with Crippen LogP contribution in [0.15, 0.2) is 30.3 Å². The number of hydrogen-bond acceptors (Lipinski definition) is 1. The molecule has 2 nitrogen and oxygen atoms in total. The maximum absolute atomic E-state index is 12.4. The summed E-state index contributed by atoms with van der Waals surface area (Å²) in [5.74, 6) is 2.39. The topological polar surface area (TPSA) is 20.3 Å². The molecule has 3 rings (SSSR count). The van der Waals surface area contributed by atoms with E-state index in [1.807, 2.05) is 6.07 Å². The lowest BCUT2D eigenvalue weighted by atomic mass is 9.98. The number of rotatable bonds is 3. The van der Waals surface area contributed by atoms with E-state index >= 15 is 0 Å². The van der Waals surface area contributed by atoms with Crippen LogP contribution in [0, 0.1) is 11.8 Å². The van der Waals surface area contributed by atoms with Crippen LogP contribution in [0.25, 0.3) is 0 Å². The minimum absolute atomic E-state index is 0.231. The molecule has 1 aliphatic heterocycles. The fraction of sp³-hybridized carbons (Fsp3) is 0.562. The molecule has 1 heterocycles. The molecule has 1 saturated carbocycles. The SMILES string of the molecule is O=C(C1CC1c1ccccc1)N1CCC(CCl)CC1. The number of alkyl halides is 1. The van der Waals surface area contributed by atoms with Crippen molar-refractivity contribution in [2.75, 3.05) is 19.0 Å². The third-order valence-corrected chi connectivity index (χ3v) is 4.92. The zero-order chi connectivity index (χ0) is 13.2. The number of hydrogen-bond donors (Lipinski definition) is 0. The van der Waals surface area contributed by atoms with Gasteiger partial charge in [0.1, 0.15) is 0 Å². The van der Waals surface area contributed by atoms with Gasteiger partial charge in [0, 0.05) is 24.9 Å². The molecule has 1 amide bonds. The van der Waals surface area contributed by atoms with Crippen LogP contribution in [0.2, 0.25) is 0 Å². The summed E-state index contributed by atoms with van der Waals surface area (Å²) in [5, 5.41) is 0. The van der Waals surface area contributed by atoms with Crippen LogP contribution < -0.4 is 0 Å². The van der Waals surface area contributed by atoms with Crippen molar-refractivity contribution in [2.24, 2.45) is 11.8 Å². The van der Waals surface area contributed by atoms with E-state index < -0.39 is 0 Å². The number of nitrogens with zero attached hydrogens (tertiary/aromatic N) is 1. The number of halogens is 1. The van der Waals surface area contributed by atoms with Crippen LogP contribution in [0.4, 0.5) is 0 Å². The van der Waals surface area contributed by atoms with Gasteiger partial charge in [0.05, 0.1) is 0 Å². The summed E-state index contributed by atoms with van der Waals surface area (Å²) in [6, 6.07) is 10.4. The van der Waals surface area contributed by atoms with Gasteiger partial charge in [-0.25, -0.2) is 0 Å². The quantitative estimate of drug-likeness (QED) is 0.777. The summed E-state index contributed by atoms with van der Waals surface area (Å²) in [6.45, 7) is 1.79. The second-order valence-electron chi connectivity index (χ2n) is 5.78. The first kappa shape index (κ1) is 13.0. The fourth-order valence-electron chi connectivity index (χ4n) is 3.08. The molecule has 1 aliphatic carbocycles. The summed E-state index contributed by atoms with van der Waals surface area (Å²) in [7, 11) is 0. The minimum atomic E-state index is 0.231. The molecule has 102 valence electrons. The number of likely N-dealkylation sites (tertiary alicyclic amines) is 1. The maximum atomic E-state index is 12.4. The molecule has 2 fully saturated rings. The summed E-state index contributed by atoms with van der Waals surface area (Å²) in [6.07, 6.45) is 3.16. The van der Waals surface area contributed by atoms with Crippen molar-refractivity contribution in [3.05, 3.63) is 35.9 Å². The van der Waals surface area contributed by atoms with Crippen LogP contribution in [0.1, 0.15) is 30.7 Å². The van der Waals surface area contributed by atoms with Crippen LogP contribution in [-0.2, 0) is 4.79 Å². The van der Waals surface area contributed by atoms with E-state index in [1.54, 1.807) is 0 Å². The van der Waals surface area contributed by atoms with Crippen molar-refractivity contribution < 1.29 is 4.79 Å². The Bertz CT molecular complexity index is 439. The fourth-order valence-corrected chi connectivity index (χ4v) is 3.39. The van der Waals surface area contributed by atoms with Gasteiger partial charge in [-0.1, -0.05) is 30.3 Å². The van der Waals surface area contributed by atoms with Gasteiger partial charge in [-0.15, -0.1) is 11.6 Å². The molecule has 0 aromatic heterocycles. The number of carbonyl (C=O) groups excluding carboxylic acids is 1. The van der Waals surface area contributed by atoms with Crippen molar-refractivity contribution in [1.82, 2.24) is 4.90 Å². The van der Waals surface area contributed by atoms with E-state index in [9.17, 15) is 4.79 Å². The zero-order valence-corrected chi connectivity index (χ0v) is 11.9. The molecular weight excluding hydrogens is 258 g/mol. The Balaban J connectivity index is 1.56. The van der Waals surface area contributed by atoms with E-state index in [2.05, 4.69) is 29.2 Å². The largest absolute Gasteiger partial charge is 0.342 e. The molecule has 0 radical (unpaired) electrons. The normalized spacial score (nSPS) is 27.3. The molecule has 2 aliphatic rings. The van der Waals surface area contributed by atoms with Gasteiger partial charge in [-0.05, 0) is 36.7 Å². The molecule has 1 saturated heterocycles. The Labute approximate surface area is 119 Å². The zero-order valence-electron chi connectivity index (χ0n) is 11.1. The van der Waals surface area contributed by atoms with Gasteiger partial charge >= 0.3 is 0 Å². The van der Waals surface area contributed by atoms with Crippen LogP contribution in [0.5, 0.6) is 0 Å². The number of amides is 1. The maximum Gasteiger partial charge on any atom is 0.226 e. The van der Waals surface area contributed by atoms with Gasteiger partial charge in [0.2, 0.25) is 5.91 Å². The lowest BCUT2D eigenvalue weighted by Crippen LogP contribution is -2.39. The second-order valence-corrected chi connectivity index (χ2v) is 6.09. The van der Waals surface area contributed by atoms with Crippen molar-refractivity contribution in [1.29, 1.82) is 0 Å². The Morgan fingerprint density at radius 3 is 2.53 bits per heavy atom. The summed E-state index contributed by atoms with van der Waals surface area (Å²) in [4.78, 5) is 14.5. The Kier molecular flexibility index (Phi) is 3.79. The summed E-state index contributed by atoms with van der Waals surface area (Å²) in [5.41, 5.74) is 1.32. The van der Waals surface area contributed by atoms with Crippen LogP contribution in [0.3, 0.4) is 0 Å². The molecule has 2 unspecified atom stereocenters. The highest BCUT2D eigenvalue weighted by Crippen LogP contribution is 2.48. The Morgan fingerprint density at radius 1 is 1.21 bits per heavy atom. The first-order valence-corrected chi connectivity index (χ1v) is 7.72. The molecule has 1 aromatic carbocycles. The van der Waals surface area contributed by atoms with E-state index in [1.165, 1.54) is 5.56 Å².